The summed E-state index contributed by atoms with van der Waals surface area (Å²) in [6.07, 6.45) is 3.57. The van der Waals surface area contributed by atoms with Gasteiger partial charge in [0.25, 0.3) is 5.56 Å². The minimum absolute atomic E-state index is 0.0908. The molecular weight excluding hydrogens is 493 g/mol. The van der Waals surface area contributed by atoms with Crippen LogP contribution in [0.3, 0.4) is 0 Å². The van der Waals surface area contributed by atoms with Crippen molar-refractivity contribution in [2.24, 2.45) is 14.1 Å². The normalized spacial score (nSPS) is 13.2. The lowest BCUT2D eigenvalue weighted by Crippen LogP contribution is -2.33. The Balaban J connectivity index is 1.88. The molecule has 0 bridgehead atoms. The highest BCUT2D eigenvalue weighted by molar-refractivity contribution is 6.31. The molecule has 0 aliphatic heterocycles. The first kappa shape index (κ1) is 24.3. The number of benzene rings is 3. The molecule has 0 unspecified atom stereocenters. The molecular formula is C29H25Cl2N3O2. The number of aromatic nitrogens is 3. The Labute approximate surface area is 219 Å². The predicted octanol–water partition coefficient (Wildman–Crippen LogP) is 6.49. The van der Waals surface area contributed by atoms with Crippen molar-refractivity contribution in [3.8, 4) is 11.1 Å². The topological polar surface area (TPSA) is 49.1 Å². The van der Waals surface area contributed by atoms with Crippen LogP contribution in [-0.4, -0.2) is 21.2 Å². The number of imidazole rings is 1. The lowest BCUT2D eigenvalue weighted by atomic mass is 9.82. The minimum Gasteiger partial charge on any atom is -0.362 e. The Bertz CT molecular complexity index is 1650. The molecule has 7 heteroatoms. The number of nitrogens with zero attached hydrogens (tertiary/aromatic N) is 3. The first-order chi connectivity index (χ1) is 17.3. The van der Waals surface area contributed by atoms with Gasteiger partial charge in [-0.2, -0.15) is 0 Å². The third kappa shape index (κ3) is 3.75. The largest absolute Gasteiger partial charge is 0.362 e. The standard InChI is InChI=1S/C29H25Cl2N3O2/c1-18-22(6-5-7-25(18)31)23-15-28(35)34(3)26-13-10-20(14-24(23)26)29(36-4,27-16-32-17-33(27)2)19-8-11-21(30)12-9-19/h5-17H,1-4H3/t29-/m1/s1. The summed E-state index contributed by atoms with van der Waals surface area (Å²) in [5.74, 6) is 0. The summed E-state index contributed by atoms with van der Waals surface area (Å²) >= 11 is 12.7. The number of halogens is 2. The smallest absolute Gasteiger partial charge is 0.251 e. The van der Waals surface area contributed by atoms with E-state index in [2.05, 4.69) is 11.1 Å². The van der Waals surface area contributed by atoms with E-state index in [1.807, 2.05) is 79.3 Å². The zero-order chi connectivity index (χ0) is 25.6. The van der Waals surface area contributed by atoms with Gasteiger partial charge in [0.2, 0.25) is 0 Å². The number of methoxy groups -OCH3 is 1. The summed E-state index contributed by atoms with van der Waals surface area (Å²) in [4.78, 5) is 17.3. The first-order valence-corrected chi connectivity index (χ1v) is 12.2. The van der Waals surface area contributed by atoms with E-state index in [1.165, 1.54) is 0 Å². The molecule has 0 aliphatic rings. The van der Waals surface area contributed by atoms with Crippen molar-refractivity contribution in [2.45, 2.75) is 12.5 Å². The summed E-state index contributed by atoms with van der Waals surface area (Å²) in [5, 5.41) is 2.21. The fourth-order valence-electron chi connectivity index (χ4n) is 4.99. The molecule has 0 fully saturated rings. The number of aryl methyl sites for hydroxylation is 2. The van der Waals surface area contributed by atoms with E-state index in [-0.39, 0.29) is 5.56 Å². The van der Waals surface area contributed by atoms with Gasteiger partial charge in [0.15, 0.2) is 5.60 Å². The van der Waals surface area contributed by atoms with Crippen LogP contribution in [0.1, 0.15) is 22.4 Å². The van der Waals surface area contributed by atoms with Gasteiger partial charge in [-0.3, -0.25) is 4.79 Å². The van der Waals surface area contributed by atoms with Crippen LogP contribution in [-0.2, 0) is 24.4 Å². The number of fused-ring (bicyclic) bond motifs is 1. The van der Waals surface area contributed by atoms with Crippen molar-refractivity contribution < 1.29 is 4.74 Å². The predicted molar refractivity (Wildman–Crippen MR) is 146 cm³/mol. The van der Waals surface area contributed by atoms with Crippen molar-refractivity contribution >= 4 is 34.1 Å². The van der Waals surface area contributed by atoms with Crippen molar-refractivity contribution in [3.63, 3.8) is 0 Å². The fourth-order valence-corrected chi connectivity index (χ4v) is 5.29. The molecule has 0 radical (unpaired) electrons. The summed E-state index contributed by atoms with van der Waals surface area (Å²) < 4.78 is 9.98. The highest BCUT2D eigenvalue weighted by Crippen LogP contribution is 2.42. The van der Waals surface area contributed by atoms with Crippen LogP contribution in [0.2, 0.25) is 10.0 Å². The van der Waals surface area contributed by atoms with E-state index in [1.54, 1.807) is 31.1 Å². The third-order valence-corrected chi connectivity index (χ3v) is 7.61. The number of rotatable bonds is 5. The lowest BCUT2D eigenvalue weighted by Gasteiger charge is -2.34. The molecule has 1 atom stereocenters. The SMILES string of the molecule is CO[C@](c1ccc(Cl)cc1)(c1ccc2c(c1)c(-c1cccc(Cl)c1C)cc(=O)n2C)c1cncn1C. The van der Waals surface area contributed by atoms with Gasteiger partial charge in [-0.15, -0.1) is 0 Å². The van der Waals surface area contributed by atoms with Crippen molar-refractivity contribution in [3.05, 3.63) is 122 Å². The Hall–Kier alpha value is -3.38. The number of hydrogen-bond donors (Lipinski definition) is 0. The second kappa shape index (κ2) is 9.25. The Kier molecular flexibility index (Phi) is 6.25. The first-order valence-electron chi connectivity index (χ1n) is 11.5. The van der Waals surface area contributed by atoms with Gasteiger partial charge < -0.3 is 13.9 Å². The maximum atomic E-state index is 12.9. The molecule has 5 aromatic rings. The Morgan fingerprint density at radius 2 is 1.64 bits per heavy atom. The monoisotopic (exact) mass is 517 g/mol. The molecule has 5 rings (SSSR count). The molecule has 36 heavy (non-hydrogen) atoms. The summed E-state index contributed by atoms with van der Waals surface area (Å²) in [7, 11) is 5.41. The zero-order valence-corrected chi connectivity index (χ0v) is 21.9. The minimum atomic E-state index is -0.973. The summed E-state index contributed by atoms with van der Waals surface area (Å²) in [6, 6.07) is 21.1. The van der Waals surface area contributed by atoms with Gasteiger partial charge in [0, 0.05) is 42.7 Å². The lowest BCUT2D eigenvalue weighted by molar-refractivity contribution is 0.0525. The molecule has 5 nitrogen and oxygen atoms in total. The van der Waals surface area contributed by atoms with E-state index < -0.39 is 5.60 Å². The third-order valence-electron chi connectivity index (χ3n) is 6.95. The molecule has 0 spiro atoms. The van der Waals surface area contributed by atoms with E-state index in [9.17, 15) is 4.79 Å². The van der Waals surface area contributed by atoms with Crippen LogP contribution < -0.4 is 5.56 Å². The molecule has 0 N–H and O–H groups in total. The summed E-state index contributed by atoms with van der Waals surface area (Å²) in [5.41, 5.74) is 5.06. The average Bonchev–Trinajstić information content (AvgIpc) is 3.31. The van der Waals surface area contributed by atoms with Gasteiger partial charge in [0.1, 0.15) is 0 Å². The average molecular weight is 518 g/mol. The molecule has 0 saturated carbocycles. The fraction of sp³-hybridized carbons (Fsp3) is 0.172. The van der Waals surface area contributed by atoms with Crippen molar-refractivity contribution in [1.29, 1.82) is 0 Å². The number of ether oxygens (including phenoxy) is 1. The van der Waals surface area contributed by atoms with Crippen LogP contribution >= 0.6 is 23.2 Å². The molecule has 0 aliphatic carbocycles. The van der Waals surface area contributed by atoms with Crippen molar-refractivity contribution in [1.82, 2.24) is 14.1 Å². The van der Waals surface area contributed by atoms with Crippen LogP contribution in [0, 0.1) is 6.92 Å². The second-order valence-electron chi connectivity index (χ2n) is 8.88. The second-order valence-corrected chi connectivity index (χ2v) is 9.73. The summed E-state index contributed by atoms with van der Waals surface area (Å²) in [6.45, 7) is 1.97. The van der Waals surface area contributed by atoms with Gasteiger partial charge in [0.05, 0.1) is 23.7 Å². The molecule has 2 heterocycles. The van der Waals surface area contributed by atoms with Crippen molar-refractivity contribution in [2.75, 3.05) is 7.11 Å². The van der Waals surface area contributed by atoms with Gasteiger partial charge >= 0.3 is 0 Å². The number of pyridine rings is 1. The van der Waals surface area contributed by atoms with Gasteiger partial charge in [-0.05, 0) is 65.1 Å². The quantitative estimate of drug-likeness (QED) is 0.267. The molecule has 182 valence electrons. The molecule has 0 amide bonds. The zero-order valence-electron chi connectivity index (χ0n) is 20.4. The van der Waals surface area contributed by atoms with E-state index in [4.69, 9.17) is 27.9 Å². The van der Waals surface area contributed by atoms with E-state index >= 15 is 0 Å². The molecule has 3 aromatic carbocycles. The van der Waals surface area contributed by atoms with E-state index in [0.717, 1.165) is 44.4 Å². The van der Waals surface area contributed by atoms with Crippen LogP contribution in [0.5, 0.6) is 0 Å². The Morgan fingerprint density at radius 1 is 0.917 bits per heavy atom. The molecule has 2 aromatic heterocycles. The van der Waals surface area contributed by atoms with Gasteiger partial charge in [-0.1, -0.05) is 53.5 Å². The highest BCUT2D eigenvalue weighted by atomic mass is 35.5. The van der Waals surface area contributed by atoms with E-state index in [0.29, 0.717) is 10.0 Å². The number of hydrogen-bond acceptors (Lipinski definition) is 3. The maximum Gasteiger partial charge on any atom is 0.251 e. The van der Waals surface area contributed by atoms with Gasteiger partial charge in [-0.25, -0.2) is 4.98 Å². The van der Waals surface area contributed by atoms with Crippen LogP contribution in [0.4, 0.5) is 0 Å². The Morgan fingerprint density at radius 3 is 2.31 bits per heavy atom. The van der Waals surface area contributed by atoms with Crippen LogP contribution in [0.25, 0.3) is 22.0 Å². The van der Waals surface area contributed by atoms with Crippen LogP contribution in [0.15, 0.2) is 84.0 Å². The molecule has 0 saturated heterocycles. The highest BCUT2D eigenvalue weighted by Gasteiger charge is 2.39. The maximum absolute atomic E-state index is 12.9.